The minimum atomic E-state index is -1.52. The van der Waals surface area contributed by atoms with Crippen LogP contribution in [0.1, 0.15) is 34.8 Å². The lowest BCUT2D eigenvalue weighted by Gasteiger charge is -2.31. The summed E-state index contributed by atoms with van der Waals surface area (Å²) in [7, 11) is 0. The van der Waals surface area contributed by atoms with Gasteiger partial charge in [-0.1, -0.05) is 75.6 Å². The lowest BCUT2D eigenvalue weighted by Crippen LogP contribution is -2.50. The molecule has 0 aliphatic carbocycles. The van der Waals surface area contributed by atoms with Crippen molar-refractivity contribution in [1.82, 2.24) is 5.32 Å². The summed E-state index contributed by atoms with van der Waals surface area (Å²) in [4.78, 5) is 22.4. The van der Waals surface area contributed by atoms with Crippen molar-refractivity contribution in [3.63, 3.8) is 0 Å². The fourth-order valence-electron chi connectivity index (χ4n) is 5.19. The van der Waals surface area contributed by atoms with Crippen LogP contribution in [0.3, 0.4) is 0 Å². The Balaban J connectivity index is 1.56. The number of rotatable bonds is 13. The van der Waals surface area contributed by atoms with Gasteiger partial charge in [-0.3, -0.25) is 4.79 Å². The van der Waals surface area contributed by atoms with Crippen molar-refractivity contribution in [2.24, 2.45) is 10.1 Å². The summed E-state index contributed by atoms with van der Waals surface area (Å²) in [5.74, 6) is 0.0920. The highest BCUT2D eigenvalue weighted by molar-refractivity contribution is 9.10. The fraction of sp³-hybridized carbons (Fsp3) is 0.235. The lowest BCUT2D eigenvalue weighted by molar-refractivity contribution is -0.128. The number of carbonyl (C=O) groups is 1. The summed E-state index contributed by atoms with van der Waals surface area (Å²) < 4.78 is 27.4. The molecular weight excluding hydrogens is 641 g/mol. The quantitative estimate of drug-likeness (QED) is 0.0677. The predicted octanol–water partition coefficient (Wildman–Crippen LogP) is 7.15. The van der Waals surface area contributed by atoms with Gasteiger partial charge < -0.3 is 19.9 Å². The molecule has 1 aliphatic heterocycles. The van der Waals surface area contributed by atoms with E-state index in [1.807, 2.05) is 24.3 Å². The summed E-state index contributed by atoms with van der Waals surface area (Å²) in [6.07, 6.45) is -0.0182. The van der Waals surface area contributed by atoms with E-state index in [0.717, 1.165) is 10.0 Å². The van der Waals surface area contributed by atoms with Crippen molar-refractivity contribution < 1.29 is 23.8 Å². The molecule has 0 saturated carbocycles. The first-order valence-electron chi connectivity index (χ1n) is 14.4. The number of ether oxygens (including phenoxy) is 2. The number of benzene rings is 4. The van der Waals surface area contributed by atoms with E-state index < -0.39 is 17.6 Å². The smallest absolute Gasteiger partial charge is 0.252 e. The van der Waals surface area contributed by atoms with Gasteiger partial charge in [0.05, 0.1) is 6.61 Å². The number of azide groups is 1. The molecule has 2 atom stereocenters. The molecule has 0 saturated heterocycles. The van der Waals surface area contributed by atoms with E-state index in [2.05, 4.69) is 31.3 Å². The van der Waals surface area contributed by atoms with Crippen LogP contribution in [0, 0.1) is 5.82 Å². The van der Waals surface area contributed by atoms with E-state index in [9.17, 15) is 14.7 Å². The number of aliphatic imine (C=N–C) groups is 1. The molecule has 4 aromatic carbocycles. The van der Waals surface area contributed by atoms with Crippen LogP contribution in [0.5, 0.6) is 5.75 Å². The van der Waals surface area contributed by atoms with Crippen LogP contribution in [0.15, 0.2) is 112 Å². The van der Waals surface area contributed by atoms with Crippen molar-refractivity contribution >= 4 is 33.4 Å². The third kappa shape index (κ3) is 7.51. The number of halogens is 2. The molecule has 1 heterocycles. The van der Waals surface area contributed by atoms with Gasteiger partial charge in [-0.25, -0.2) is 9.38 Å². The number of hydrogen-bond acceptors (Lipinski definition) is 6. The number of hydrogen-bond donors (Lipinski definition) is 2. The Morgan fingerprint density at radius 3 is 2.53 bits per heavy atom. The van der Waals surface area contributed by atoms with Crippen LogP contribution in [-0.4, -0.2) is 42.2 Å². The van der Waals surface area contributed by atoms with E-state index in [0.29, 0.717) is 41.2 Å². The lowest BCUT2D eigenvalue weighted by atomic mass is 9.81. The average Bonchev–Trinajstić information content (AvgIpc) is 3.44. The number of amides is 1. The fourth-order valence-corrected chi connectivity index (χ4v) is 5.45. The molecular formula is C34H31BrFN5O4. The van der Waals surface area contributed by atoms with Gasteiger partial charge in [0.15, 0.2) is 11.6 Å². The predicted molar refractivity (Wildman–Crippen MR) is 173 cm³/mol. The highest BCUT2D eigenvalue weighted by Gasteiger charge is 2.53. The molecule has 45 heavy (non-hydrogen) atoms. The summed E-state index contributed by atoms with van der Waals surface area (Å²) in [6, 6.07) is 28.1. The topological polar surface area (TPSA) is 129 Å². The molecule has 11 heteroatoms. The van der Waals surface area contributed by atoms with Gasteiger partial charge in [0, 0.05) is 52.2 Å². The molecule has 0 spiro atoms. The first kappa shape index (κ1) is 31.7. The van der Waals surface area contributed by atoms with Gasteiger partial charge in [-0.05, 0) is 65.5 Å². The van der Waals surface area contributed by atoms with E-state index in [4.69, 9.17) is 19.6 Å². The molecule has 9 nitrogen and oxygen atoms in total. The van der Waals surface area contributed by atoms with Gasteiger partial charge in [0.2, 0.25) is 5.90 Å². The van der Waals surface area contributed by atoms with Crippen LogP contribution in [0.25, 0.3) is 10.4 Å². The minimum absolute atomic E-state index is 0.0320. The number of nitrogens with zero attached hydrogens (tertiary/aromatic N) is 4. The third-order valence-electron chi connectivity index (χ3n) is 7.43. The summed E-state index contributed by atoms with van der Waals surface area (Å²) in [6.45, 7) is 0.566. The SMILES string of the molecule is [N-]=[N+]=Nc1ccccc1[C@H]1OC(c2ccc(OCCCO)cc2)=N[C@@]1(Cc1ccc(Br)cc1)C(=O)NCCc1ccccc1F. The first-order valence-corrected chi connectivity index (χ1v) is 15.2. The maximum absolute atomic E-state index is 14.4. The molecule has 0 fully saturated rings. The number of aliphatic hydroxyl groups excluding tert-OH is 1. The Morgan fingerprint density at radius 1 is 1.07 bits per heavy atom. The van der Waals surface area contributed by atoms with Crippen molar-refractivity contribution in [3.05, 3.63) is 140 Å². The molecule has 4 aromatic rings. The Hall–Kier alpha value is -4.70. The molecule has 230 valence electrons. The largest absolute Gasteiger partial charge is 0.494 e. The van der Waals surface area contributed by atoms with Crippen molar-refractivity contribution in [1.29, 1.82) is 0 Å². The van der Waals surface area contributed by atoms with E-state index in [1.54, 1.807) is 66.7 Å². The van der Waals surface area contributed by atoms with Crippen molar-refractivity contribution in [3.8, 4) is 5.75 Å². The summed E-state index contributed by atoms with van der Waals surface area (Å²) in [5, 5.41) is 15.9. The van der Waals surface area contributed by atoms with E-state index >= 15 is 0 Å². The summed E-state index contributed by atoms with van der Waals surface area (Å²) in [5.41, 5.74) is 10.5. The second kappa shape index (κ2) is 14.9. The Kier molecular flexibility index (Phi) is 10.5. The molecule has 0 radical (unpaired) electrons. The second-order valence-corrected chi connectivity index (χ2v) is 11.4. The van der Waals surface area contributed by atoms with Gasteiger partial charge in [0.1, 0.15) is 11.6 Å². The van der Waals surface area contributed by atoms with E-state index in [-0.39, 0.29) is 37.7 Å². The highest BCUT2D eigenvalue weighted by atomic mass is 79.9. The number of nitrogens with one attached hydrogen (secondary N) is 1. The van der Waals surface area contributed by atoms with Gasteiger partial charge in [0.25, 0.3) is 5.91 Å². The van der Waals surface area contributed by atoms with Crippen LogP contribution >= 0.6 is 15.9 Å². The van der Waals surface area contributed by atoms with Gasteiger partial charge >= 0.3 is 0 Å². The molecule has 1 amide bonds. The van der Waals surface area contributed by atoms with Gasteiger partial charge in [-0.2, -0.15) is 0 Å². The molecule has 0 unspecified atom stereocenters. The van der Waals surface area contributed by atoms with E-state index in [1.165, 1.54) is 6.07 Å². The standard InChI is InChI=1S/C34H31BrFN5O4/c35-26-14-10-23(11-15-26)22-34(33(43)38-19-18-24-6-1-3-8-29(24)36)31(28-7-2-4-9-30(28)40-41-37)45-32(39-34)25-12-16-27(17-13-25)44-21-5-20-42/h1-4,6-17,31,42H,5,18-22H2,(H,38,43)/t31-,34-/m1/s1. The van der Waals surface area contributed by atoms with Crippen LogP contribution in [0.4, 0.5) is 10.1 Å². The zero-order valence-electron chi connectivity index (χ0n) is 24.3. The molecule has 5 rings (SSSR count). The van der Waals surface area contributed by atoms with Crippen LogP contribution < -0.4 is 10.1 Å². The van der Waals surface area contributed by atoms with Crippen LogP contribution in [-0.2, 0) is 22.4 Å². The van der Waals surface area contributed by atoms with Crippen molar-refractivity contribution in [2.45, 2.75) is 30.9 Å². The summed E-state index contributed by atoms with van der Waals surface area (Å²) >= 11 is 3.47. The molecule has 0 aromatic heterocycles. The van der Waals surface area contributed by atoms with Crippen LogP contribution in [0.2, 0.25) is 0 Å². The van der Waals surface area contributed by atoms with Crippen molar-refractivity contribution in [2.75, 3.05) is 19.8 Å². The highest BCUT2D eigenvalue weighted by Crippen LogP contribution is 2.45. The third-order valence-corrected chi connectivity index (χ3v) is 7.95. The zero-order valence-corrected chi connectivity index (χ0v) is 25.9. The molecule has 2 N–H and O–H groups in total. The monoisotopic (exact) mass is 671 g/mol. The average molecular weight is 673 g/mol. The molecule has 1 aliphatic rings. The molecule has 0 bridgehead atoms. The minimum Gasteiger partial charge on any atom is -0.494 e. The first-order chi connectivity index (χ1) is 21.9. The van der Waals surface area contributed by atoms with Gasteiger partial charge in [-0.15, -0.1) is 0 Å². The normalized spacial score (nSPS) is 17.1. The Morgan fingerprint density at radius 2 is 1.80 bits per heavy atom. The number of aliphatic hydroxyl groups is 1. The maximum Gasteiger partial charge on any atom is 0.252 e. The Labute approximate surface area is 268 Å². The second-order valence-electron chi connectivity index (χ2n) is 10.4. The zero-order chi connectivity index (χ0) is 31.6. The number of carbonyl (C=O) groups excluding carboxylic acids is 1. The maximum atomic E-state index is 14.4. The Bertz CT molecular complexity index is 1710.